The van der Waals surface area contributed by atoms with Crippen molar-refractivity contribution in [3.8, 4) is 5.75 Å². The van der Waals surface area contributed by atoms with Crippen molar-refractivity contribution in [2.75, 3.05) is 6.54 Å². The molecule has 6 nitrogen and oxygen atoms in total. The number of aliphatic hydroxyl groups is 1. The maximum Gasteiger partial charge on any atom is 0.261 e. The molecule has 34 heavy (non-hydrogen) atoms. The van der Waals surface area contributed by atoms with Gasteiger partial charge < -0.3 is 14.6 Å². The second kappa shape index (κ2) is 9.88. The van der Waals surface area contributed by atoms with Crippen molar-refractivity contribution in [3.63, 3.8) is 0 Å². The van der Waals surface area contributed by atoms with Crippen molar-refractivity contribution in [2.45, 2.75) is 65.5 Å². The topological polar surface area (TPSA) is 76.1 Å². The highest BCUT2D eigenvalue weighted by atomic mass is 16.6. The summed E-state index contributed by atoms with van der Waals surface area (Å²) in [7, 11) is 0. The van der Waals surface area contributed by atoms with Gasteiger partial charge in [0.2, 0.25) is 0 Å². The van der Waals surface area contributed by atoms with Crippen molar-refractivity contribution in [1.82, 2.24) is 4.90 Å². The van der Waals surface area contributed by atoms with Crippen molar-refractivity contribution in [3.05, 3.63) is 54.1 Å². The largest absolute Gasteiger partial charge is 0.489 e. The standard InChI is InChI=1S/C28H35NO5/c1-6-25(30)33-18(5)15-29-27(31)21-9-7-8-20-23(13-12-22(26(20)21)28(29)32)34-24-14-17(4)10-11-19(24)16(2)3/h6-9,12-13,16-19,24-25,30H,1,10-11,14-15H2,2-5H3. The first-order valence-electron chi connectivity index (χ1n) is 12.3. The van der Waals surface area contributed by atoms with Gasteiger partial charge in [-0.05, 0) is 61.8 Å². The van der Waals surface area contributed by atoms with E-state index in [0.717, 1.165) is 24.0 Å². The first-order valence-corrected chi connectivity index (χ1v) is 12.3. The molecule has 2 aliphatic rings. The molecule has 2 amide bonds. The minimum Gasteiger partial charge on any atom is -0.489 e. The Morgan fingerprint density at radius 2 is 1.82 bits per heavy atom. The summed E-state index contributed by atoms with van der Waals surface area (Å²) in [5.41, 5.74) is 0.956. The number of hydrogen-bond acceptors (Lipinski definition) is 5. The van der Waals surface area contributed by atoms with Crippen LogP contribution in [0.3, 0.4) is 0 Å². The predicted octanol–water partition coefficient (Wildman–Crippen LogP) is 5.18. The molecule has 1 aliphatic carbocycles. The van der Waals surface area contributed by atoms with E-state index in [1.165, 1.54) is 17.4 Å². The third kappa shape index (κ3) is 4.62. The van der Waals surface area contributed by atoms with Crippen LogP contribution < -0.4 is 4.74 Å². The van der Waals surface area contributed by atoms with Gasteiger partial charge in [0.1, 0.15) is 11.9 Å². The van der Waals surface area contributed by atoms with E-state index in [1.54, 1.807) is 19.1 Å². The fourth-order valence-corrected chi connectivity index (χ4v) is 5.40. The highest BCUT2D eigenvalue weighted by Crippen LogP contribution is 2.40. The SMILES string of the molecule is C=CC(O)OC(C)CN1C(=O)c2cccc3c(OC4CC(C)CCC4C(C)C)ccc(c23)C1=O. The molecule has 0 bridgehead atoms. The number of aliphatic hydroxyl groups excluding tert-OH is 1. The number of nitrogens with zero attached hydrogens (tertiary/aromatic N) is 1. The number of carbonyl (C=O) groups is 2. The molecule has 1 aliphatic heterocycles. The molecule has 182 valence electrons. The van der Waals surface area contributed by atoms with Gasteiger partial charge in [-0.15, -0.1) is 0 Å². The van der Waals surface area contributed by atoms with Gasteiger partial charge in [0, 0.05) is 21.9 Å². The molecule has 1 heterocycles. The smallest absolute Gasteiger partial charge is 0.261 e. The summed E-state index contributed by atoms with van der Waals surface area (Å²) in [5.74, 6) is 1.61. The molecule has 0 radical (unpaired) electrons. The Bertz CT molecular complexity index is 1070. The normalized spacial score (nSPS) is 24.4. The summed E-state index contributed by atoms with van der Waals surface area (Å²) in [6.45, 7) is 12.0. The van der Waals surface area contributed by atoms with Crippen LogP contribution in [0.2, 0.25) is 0 Å². The van der Waals surface area contributed by atoms with Gasteiger partial charge in [-0.1, -0.05) is 45.9 Å². The number of rotatable bonds is 8. The monoisotopic (exact) mass is 465 g/mol. The Kier molecular flexibility index (Phi) is 7.10. The molecule has 2 aromatic rings. The molecular weight excluding hydrogens is 430 g/mol. The van der Waals surface area contributed by atoms with E-state index < -0.39 is 12.4 Å². The van der Waals surface area contributed by atoms with Gasteiger partial charge in [0.25, 0.3) is 11.8 Å². The van der Waals surface area contributed by atoms with Gasteiger partial charge in [0.05, 0.1) is 12.6 Å². The third-order valence-electron chi connectivity index (χ3n) is 7.20. The maximum atomic E-state index is 13.3. The van der Waals surface area contributed by atoms with Gasteiger partial charge in [-0.3, -0.25) is 14.5 Å². The van der Waals surface area contributed by atoms with Crippen LogP contribution in [-0.2, 0) is 4.74 Å². The number of benzene rings is 2. The average molecular weight is 466 g/mol. The van der Waals surface area contributed by atoms with E-state index in [4.69, 9.17) is 9.47 Å². The fraction of sp³-hybridized carbons (Fsp3) is 0.500. The Morgan fingerprint density at radius 1 is 1.12 bits per heavy atom. The highest BCUT2D eigenvalue weighted by molar-refractivity contribution is 6.26. The summed E-state index contributed by atoms with van der Waals surface area (Å²) in [6, 6.07) is 9.15. The Morgan fingerprint density at radius 3 is 2.50 bits per heavy atom. The Balaban J connectivity index is 1.66. The average Bonchev–Trinajstić information content (AvgIpc) is 2.80. The lowest BCUT2D eigenvalue weighted by Gasteiger charge is -2.37. The highest BCUT2D eigenvalue weighted by Gasteiger charge is 2.36. The van der Waals surface area contributed by atoms with E-state index in [1.807, 2.05) is 18.2 Å². The van der Waals surface area contributed by atoms with Crippen molar-refractivity contribution < 1.29 is 24.2 Å². The molecule has 0 saturated heterocycles. The van der Waals surface area contributed by atoms with Gasteiger partial charge >= 0.3 is 0 Å². The molecule has 5 unspecified atom stereocenters. The summed E-state index contributed by atoms with van der Waals surface area (Å²) in [4.78, 5) is 27.8. The fourth-order valence-electron chi connectivity index (χ4n) is 5.40. The zero-order valence-corrected chi connectivity index (χ0v) is 20.5. The summed E-state index contributed by atoms with van der Waals surface area (Å²) >= 11 is 0. The number of hydrogen-bond donors (Lipinski definition) is 1. The van der Waals surface area contributed by atoms with Gasteiger partial charge in [-0.2, -0.15) is 0 Å². The number of carbonyl (C=O) groups excluding carboxylic acids is 2. The number of ether oxygens (including phenoxy) is 2. The van der Waals surface area contributed by atoms with E-state index in [-0.39, 0.29) is 24.5 Å². The summed E-state index contributed by atoms with van der Waals surface area (Å²) in [6.07, 6.45) is 3.04. The second-order valence-corrected chi connectivity index (χ2v) is 10.1. The van der Waals surface area contributed by atoms with Crippen molar-refractivity contribution >= 4 is 22.6 Å². The third-order valence-corrected chi connectivity index (χ3v) is 7.20. The Labute approximate surface area is 201 Å². The number of amides is 2. The van der Waals surface area contributed by atoms with Crippen LogP contribution in [0.1, 0.15) is 67.7 Å². The van der Waals surface area contributed by atoms with Crippen LogP contribution in [0.4, 0.5) is 0 Å². The molecule has 1 fully saturated rings. The molecule has 4 rings (SSSR count). The Hall–Kier alpha value is -2.70. The van der Waals surface area contributed by atoms with Crippen LogP contribution in [-0.4, -0.2) is 46.9 Å². The van der Waals surface area contributed by atoms with Crippen LogP contribution in [0.15, 0.2) is 43.0 Å². The lowest BCUT2D eigenvalue weighted by molar-refractivity contribution is -0.102. The van der Waals surface area contributed by atoms with Gasteiger partial charge in [0.15, 0.2) is 6.29 Å². The quantitative estimate of drug-likeness (QED) is 0.330. The van der Waals surface area contributed by atoms with E-state index in [9.17, 15) is 14.7 Å². The molecule has 6 heteroatoms. The van der Waals surface area contributed by atoms with Crippen LogP contribution in [0, 0.1) is 17.8 Å². The van der Waals surface area contributed by atoms with E-state index in [2.05, 4.69) is 27.4 Å². The number of imide groups is 1. The summed E-state index contributed by atoms with van der Waals surface area (Å²) < 4.78 is 12.0. The lowest BCUT2D eigenvalue weighted by Crippen LogP contribution is -2.45. The van der Waals surface area contributed by atoms with Gasteiger partial charge in [-0.25, -0.2) is 0 Å². The van der Waals surface area contributed by atoms with Crippen LogP contribution in [0.25, 0.3) is 10.8 Å². The first-order chi connectivity index (χ1) is 16.2. The molecule has 2 aromatic carbocycles. The van der Waals surface area contributed by atoms with Crippen molar-refractivity contribution in [2.24, 2.45) is 17.8 Å². The molecule has 0 spiro atoms. The van der Waals surface area contributed by atoms with Crippen molar-refractivity contribution in [1.29, 1.82) is 0 Å². The molecule has 1 saturated carbocycles. The molecular formula is C28H35NO5. The molecule has 1 N–H and O–H groups in total. The van der Waals surface area contributed by atoms with Crippen LogP contribution >= 0.6 is 0 Å². The predicted molar refractivity (Wildman–Crippen MR) is 132 cm³/mol. The second-order valence-electron chi connectivity index (χ2n) is 10.1. The van der Waals surface area contributed by atoms with E-state index >= 15 is 0 Å². The minimum atomic E-state index is -1.16. The molecule has 5 atom stereocenters. The molecule has 0 aromatic heterocycles. The zero-order chi connectivity index (χ0) is 24.6. The van der Waals surface area contributed by atoms with E-state index in [0.29, 0.717) is 34.3 Å². The lowest BCUT2D eigenvalue weighted by atomic mass is 9.75. The zero-order valence-electron chi connectivity index (χ0n) is 20.5. The minimum absolute atomic E-state index is 0.0344. The first kappa shape index (κ1) is 24.4. The van der Waals surface area contributed by atoms with Crippen LogP contribution in [0.5, 0.6) is 5.75 Å². The maximum absolute atomic E-state index is 13.3. The summed E-state index contributed by atoms with van der Waals surface area (Å²) in [5, 5.41) is 11.1.